The summed E-state index contributed by atoms with van der Waals surface area (Å²) < 4.78 is 5.48. The molecule has 3 rings (SSSR count). The van der Waals surface area contributed by atoms with Gasteiger partial charge in [-0.15, -0.1) is 0 Å². The molecule has 0 aromatic carbocycles. The van der Waals surface area contributed by atoms with E-state index in [0.717, 1.165) is 5.92 Å². The van der Waals surface area contributed by atoms with Gasteiger partial charge in [0.25, 0.3) is 0 Å². The molecule has 0 unspecified atom stereocenters. The molecular formula is C16H26O2. The van der Waals surface area contributed by atoms with Crippen molar-refractivity contribution in [2.45, 2.75) is 48.0 Å². The van der Waals surface area contributed by atoms with Crippen molar-refractivity contribution in [2.24, 2.45) is 28.6 Å². The van der Waals surface area contributed by atoms with Crippen molar-refractivity contribution >= 4 is 5.97 Å². The summed E-state index contributed by atoms with van der Waals surface area (Å²) in [5, 5.41) is 0. The van der Waals surface area contributed by atoms with E-state index in [1.54, 1.807) is 0 Å². The first-order valence-corrected chi connectivity index (χ1v) is 7.02. The summed E-state index contributed by atoms with van der Waals surface area (Å²) in [5.41, 5.74) is 1.32. The fraction of sp³-hybridized carbons (Fsp3) is 0.812. The van der Waals surface area contributed by atoms with Crippen LogP contribution >= 0.6 is 0 Å². The van der Waals surface area contributed by atoms with Crippen LogP contribution in [0.5, 0.6) is 0 Å². The molecule has 3 atom stereocenters. The maximum Gasteiger partial charge on any atom is 0.311 e. The molecule has 0 aromatic rings. The summed E-state index contributed by atoms with van der Waals surface area (Å²) in [5.74, 6) is 1.94. The highest BCUT2D eigenvalue weighted by Gasteiger charge is 2.53. The molecule has 102 valence electrons. The molecule has 3 aliphatic rings. The van der Waals surface area contributed by atoms with E-state index in [1.165, 1.54) is 12.0 Å². The van der Waals surface area contributed by atoms with E-state index in [9.17, 15) is 4.79 Å². The Labute approximate surface area is 111 Å². The molecule has 0 amide bonds. The summed E-state index contributed by atoms with van der Waals surface area (Å²) in [7, 11) is 0. The van der Waals surface area contributed by atoms with Gasteiger partial charge in [0.15, 0.2) is 0 Å². The van der Waals surface area contributed by atoms with Gasteiger partial charge < -0.3 is 4.74 Å². The molecular weight excluding hydrogens is 224 g/mol. The van der Waals surface area contributed by atoms with E-state index in [2.05, 4.69) is 26.8 Å². The van der Waals surface area contributed by atoms with Crippen LogP contribution in [0.25, 0.3) is 0 Å². The largest absolute Gasteiger partial charge is 0.461 e. The van der Waals surface area contributed by atoms with Crippen molar-refractivity contribution in [3.05, 3.63) is 11.6 Å². The number of carbonyl (C=O) groups excluding carboxylic acids is 1. The van der Waals surface area contributed by atoms with E-state index in [4.69, 9.17) is 4.74 Å². The number of hydrogen-bond donors (Lipinski definition) is 0. The maximum absolute atomic E-state index is 11.8. The topological polar surface area (TPSA) is 26.3 Å². The average molecular weight is 250 g/mol. The highest BCUT2D eigenvalue weighted by atomic mass is 16.5. The number of esters is 1. The SMILES string of the molecule is C[C@H]1C=C(COC(=O)C(C)(C)C)[C@H]2C[C@@H]1C2(C)C. The van der Waals surface area contributed by atoms with Crippen molar-refractivity contribution in [2.75, 3.05) is 6.61 Å². The van der Waals surface area contributed by atoms with E-state index in [1.807, 2.05) is 20.8 Å². The lowest BCUT2D eigenvalue weighted by Gasteiger charge is -2.58. The molecule has 0 saturated heterocycles. The molecule has 18 heavy (non-hydrogen) atoms. The van der Waals surface area contributed by atoms with Gasteiger partial charge in [0.05, 0.1) is 5.41 Å². The van der Waals surface area contributed by atoms with Crippen molar-refractivity contribution in [3.8, 4) is 0 Å². The van der Waals surface area contributed by atoms with Crippen LogP contribution in [-0.2, 0) is 9.53 Å². The summed E-state index contributed by atoms with van der Waals surface area (Å²) in [6.07, 6.45) is 3.60. The molecule has 1 saturated carbocycles. The maximum atomic E-state index is 11.8. The van der Waals surface area contributed by atoms with Gasteiger partial charge in [-0.25, -0.2) is 0 Å². The second kappa shape index (κ2) is 4.11. The minimum absolute atomic E-state index is 0.102. The molecule has 1 fully saturated rings. The van der Waals surface area contributed by atoms with Crippen LogP contribution in [-0.4, -0.2) is 12.6 Å². The number of hydrogen-bond acceptors (Lipinski definition) is 2. The van der Waals surface area contributed by atoms with E-state index < -0.39 is 5.41 Å². The summed E-state index contributed by atoms with van der Waals surface area (Å²) in [6.45, 7) is 13.2. The number of carbonyl (C=O) groups is 1. The molecule has 3 aliphatic carbocycles. The van der Waals surface area contributed by atoms with Crippen LogP contribution < -0.4 is 0 Å². The lowest BCUT2D eigenvalue weighted by molar-refractivity contribution is -0.153. The Balaban J connectivity index is 2.01. The average Bonchev–Trinajstić information content (AvgIpc) is 2.23. The minimum atomic E-state index is -0.404. The van der Waals surface area contributed by atoms with Gasteiger partial charge in [0.1, 0.15) is 6.61 Å². The van der Waals surface area contributed by atoms with Gasteiger partial charge in [-0.1, -0.05) is 26.8 Å². The van der Waals surface area contributed by atoms with Crippen molar-refractivity contribution < 1.29 is 9.53 Å². The smallest absolute Gasteiger partial charge is 0.311 e. The standard InChI is InChI=1S/C16H26O2/c1-10-7-11(9-18-14(17)15(2,3)4)13-8-12(10)16(13,5)6/h7,10,12-13H,8-9H2,1-6H3/t10-,12-,13+/m0/s1. The predicted octanol–water partition coefficient (Wildman–Crippen LogP) is 3.81. The minimum Gasteiger partial charge on any atom is -0.461 e. The van der Waals surface area contributed by atoms with Gasteiger partial charge in [0, 0.05) is 0 Å². The number of allylic oxidation sites excluding steroid dienone is 1. The third-order valence-electron chi connectivity index (χ3n) is 4.88. The van der Waals surface area contributed by atoms with Crippen LogP contribution in [0.4, 0.5) is 0 Å². The van der Waals surface area contributed by atoms with Gasteiger partial charge in [-0.05, 0) is 55.9 Å². The second-order valence-electron chi connectivity index (χ2n) is 7.64. The lowest BCUT2D eigenvalue weighted by atomic mass is 9.46. The number of fused-ring (bicyclic) bond motifs is 1. The van der Waals surface area contributed by atoms with Crippen LogP contribution in [0, 0.1) is 28.6 Å². The van der Waals surface area contributed by atoms with Crippen LogP contribution in [0.15, 0.2) is 11.6 Å². The van der Waals surface area contributed by atoms with Crippen molar-refractivity contribution in [1.29, 1.82) is 0 Å². The molecule has 0 N–H and O–H groups in total. The zero-order chi connectivity index (χ0) is 13.7. The van der Waals surface area contributed by atoms with Crippen LogP contribution in [0.1, 0.15) is 48.0 Å². The molecule has 0 aliphatic heterocycles. The van der Waals surface area contributed by atoms with Crippen LogP contribution in [0.3, 0.4) is 0 Å². The molecule has 2 heteroatoms. The Hall–Kier alpha value is -0.790. The van der Waals surface area contributed by atoms with Gasteiger partial charge in [0.2, 0.25) is 0 Å². The zero-order valence-electron chi connectivity index (χ0n) is 12.5. The fourth-order valence-electron chi connectivity index (χ4n) is 3.56. The van der Waals surface area contributed by atoms with Crippen molar-refractivity contribution in [3.63, 3.8) is 0 Å². The first kappa shape index (κ1) is 13.6. The summed E-state index contributed by atoms with van der Waals surface area (Å²) in [4.78, 5) is 11.8. The molecule has 2 nitrogen and oxygen atoms in total. The van der Waals surface area contributed by atoms with Gasteiger partial charge in [-0.3, -0.25) is 4.79 Å². The molecule has 0 aromatic heterocycles. The quantitative estimate of drug-likeness (QED) is 0.550. The lowest BCUT2D eigenvalue weighted by Crippen LogP contribution is -2.52. The summed E-state index contributed by atoms with van der Waals surface area (Å²) >= 11 is 0. The third kappa shape index (κ3) is 2.10. The molecule has 0 spiro atoms. The summed E-state index contributed by atoms with van der Waals surface area (Å²) in [6, 6.07) is 0. The first-order chi connectivity index (χ1) is 8.14. The first-order valence-electron chi connectivity index (χ1n) is 7.02. The van der Waals surface area contributed by atoms with E-state index >= 15 is 0 Å². The second-order valence-corrected chi connectivity index (χ2v) is 7.64. The van der Waals surface area contributed by atoms with Crippen LogP contribution in [0.2, 0.25) is 0 Å². The predicted molar refractivity (Wildman–Crippen MR) is 73.0 cm³/mol. The molecule has 0 heterocycles. The number of ether oxygens (including phenoxy) is 1. The fourth-order valence-corrected chi connectivity index (χ4v) is 3.56. The molecule has 2 bridgehead atoms. The number of rotatable bonds is 2. The Morgan fingerprint density at radius 1 is 1.44 bits per heavy atom. The monoisotopic (exact) mass is 250 g/mol. The third-order valence-corrected chi connectivity index (χ3v) is 4.88. The Kier molecular flexibility index (Phi) is 3.11. The van der Waals surface area contributed by atoms with E-state index in [-0.39, 0.29) is 5.97 Å². The molecule has 0 radical (unpaired) electrons. The Bertz CT molecular complexity index is 384. The van der Waals surface area contributed by atoms with Crippen molar-refractivity contribution in [1.82, 2.24) is 0 Å². The highest BCUT2D eigenvalue weighted by Crippen LogP contribution is 2.61. The normalized spacial score (nSPS) is 33.4. The highest BCUT2D eigenvalue weighted by molar-refractivity contribution is 5.75. The van der Waals surface area contributed by atoms with Gasteiger partial charge in [-0.2, -0.15) is 0 Å². The Morgan fingerprint density at radius 2 is 2.06 bits per heavy atom. The van der Waals surface area contributed by atoms with Gasteiger partial charge >= 0.3 is 5.97 Å². The Morgan fingerprint density at radius 3 is 2.50 bits per heavy atom. The van der Waals surface area contributed by atoms with E-state index in [0.29, 0.717) is 23.9 Å². The zero-order valence-corrected chi connectivity index (χ0v) is 12.5.